The first-order valence-corrected chi connectivity index (χ1v) is 8.71. The van der Waals surface area contributed by atoms with E-state index in [9.17, 15) is 4.79 Å². The molecule has 2 heterocycles. The number of pyridine rings is 1. The summed E-state index contributed by atoms with van der Waals surface area (Å²) in [5, 5.41) is 7.99. The van der Waals surface area contributed by atoms with Gasteiger partial charge >= 0.3 is 0 Å². The first kappa shape index (κ1) is 16.9. The smallest absolute Gasteiger partial charge is 0.252 e. The lowest BCUT2D eigenvalue weighted by Gasteiger charge is -2.11. The van der Waals surface area contributed by atoms with Crippen molar-refractivity contribution in [3.8, 4) is 5.69 Å². The second-order valence-electron chi connectivity index (χ2n) is 6.47. The third-order valence-electron chi connectivity index (χ3n) is 4.49. The van der Waals surface area contributed by atoms with Gasteiger partial charge in [0.15, 0.2) is 0 Å². The molecule has 0 spiro atoms. The molecule has 4 aromatic rings. The van der Waals surface area contributed by atoms with Crippen LogP contribution in [0.1, 0.15) is 27.2 Å². The zero-order valence-corrected chi connectivity index (χ0v) is 15.2. The van der Waals surface area contributed by atoms with E-state index < -0.39 is 0 Å². The molecular weight excluding hydrogens is 338 g/mol. The lowest BCUT2D eigenvalue weighted by atomic mass is 10.0. The van der Waals surface area contributed by atoms with Crippen LogP contribution in [-0.4, -0.2) is 25.7 Å². The lowest BCUT2D eigenvalue weighted by Crippen LogP contribution is -2.23. The maximum absolute atomic E-state index is 12.8. The molecule has 1 amide bonds. The molecule has 6 nitrogen and oxygen atoms in total. The molecule has 0 unspecified atom stereocenters. The summed E-state index contributed by atoms with van der Waals surface area (Å²) in [5.41, 5.74) is 5.36. The zero-order valence-electron chi connectivity index (χ0n) is 15.2. The number of aromatic nitrogens is 4. The number of amides is 1. The van der Waals surface area contributed by atoms with Crippen LogP contribution < -0.4 is 5.32 Å². The molecule has 4 rings (SSSR count). The summed E-state index contributed by atoms with van der Waals surface area (Å²) in [4.78, 5) is 21.3. The predicted octanol–water partition coefficient (Wildman–Crippen LogP) is 3.36. The zero-order chi connectivity index (χ0) is 18.8. The molecule has 0 aliphatic rings. The minimum absolute atomic E-state index is 0.101. The molecule has 0 atom stereocenters. The Hall–Kier alpha value is -3.54. The SMILES string of the molecule is Cc1cc(C(=O)NCc2ccc(-n3cncn3)cc2)c2cccc(C)c2n1. The second-order valence-corrected chi connectivity index (χ2v) is 6.47. The minimum Gasteiger partial charge on any atom is -0.348 e. The third kappa shape index (κ3) is 3.42. The van der Waals surface area contributed by atoms with E-state index in [1.165, 1.54) is 6.33 Å². The molecule has 0 saturated heterocycles. The number of carbonyl (C=O) groups excluding carboxylic acids is 1. The fourth-order valence-electron chi connectivity index (χ4n) is 3.09. The van der Waals surface area contributed by atoms with Crippen LogP contribution in [0, 0.1) is 13.8 Å². The maximum Gasteiger partial charge on any atom is 0.252 e. The first-order valence-electron chi connectivity index (χ1n) is 8.71. The van der Waals surface area contributed by atoms with Gasteiger partial charge in [0.1, 0.15) is 12.7 Å². The van der Waals surface area contributed by atoms with Crippen molar-refractivity contribution in [1.29, 1.82) is 0 Å². The Labute approximate surface area is 156 Å². The van der Waals surface area contributed by atoms with Gasteiger partial charge in [-0.15, -0.1) is 0 Å². The highest BCUT2D eigenvalue weighted by Crippen LogP contribution is 2.21. The molecule has 0 aliphatic heterocycles. The van der Waals surface area contributed by atoms with Crippen LogP contribution in [0.15, 0.2) is 61.2 Å². The van der Waals surface area contributed by atoms with Crippen molar-refractivity contribution in [1.82, 2.24) is 25.1 Å². The molecule has 0 bridgehead atoms. The van der Waals surface area contributed by atoms with E-state index in [0.717, 1.165) is 33.4 Å². The monoisotopic (exact) mass is 357 g/mol. The average molecular weight is 357 g/mol. The van der Waals surface area contributed by atoms with Crippen LogP contribution in [0.5, 0.6) is 0 Å². The topological polar surface area (TPSA) is 72.7 Å². The Morgan fingerprint density at radius 1 is 1.11 bits per heavy atom. The van der Waals surface area contributed by atoms with Crippen LogP contribution in [0.4, 0.5) is 0 Å². The van der Waals surface area contributed by atoms with Gasteiger partial charge in [0.25, 0.3) is 5.91 Å². The molecule has 27 heavy (non-hydrogen) atoms. The van der Waals surface area contributed by atoms with Gasteiger partial charge in [-0.1, -0.05) is 30.3 Å². The standard InChI is InChI=1S/C21H19N5O/c1-14-4-3-5-18-19(10-15(2)25-20(14)18)21(27)23-11-16-6-8-17(9-7-16)26-13-22-12-24-26/h3-10,12-13H,11H2,1-2H3,(H,23,27). The van der Waals surface area contributed by atoms with E-state index in [4.69, 9.17) is 0 Å². The Kier molecular flexibility index (Phi) is 4.38. The van der Waals surface area contributed by atoms with Crippen LogP contribution in [0.25, 0.3) is 16.6 Å². The first-order chi connectivity index (χ1) is 13.1. The summed E-state index contributed by atoms with van der Waals surface area (Å²) in [5.74, 6) is -0.101. The summed E-state index contributed by atoms with van der Waals surface area (Å²) in [6.45, 7) is 4.36. The quantitative estimate of drug-likeness (QED) is 0.608. The normalized spacial score (nSPS) is 10.9. The summed E-state index contributed by atoms with van der Waals surface area (Å²) in [6.07, 6.45) is 3.15. The van der Waals surface area contributed by atoms with Gasteiger partial charge in [0, 0.05) is 17.6 Å². The van der Waals surface area contributed by atoms with E-state index >= 15 is 0 Å². The minimum atomic E-state index is -0.101. The van der Waals surface area contributed by atoms with Crippen molar-refractivity contribution in [2.75, 3.05) is 0 Å². The van der Waals surface area contributed by atoms with Crippen molar-refractivity contribution in [3.63, 3.8) is 0 Å². The number of para-hydroxylation sites is 1. The highest BCUT2D eigenvalue weighted by atomic mass is 16.1. The largest absolute Gasteiger partial charge is 0.348 e. The van der Waals surface area contributed by atoms with E-state index in [0.29, 0.717) is 12.1 Å². The fourth-order valence-corrected chi connectivity index (χ4v) is 3.09. The third-order valence-corrected chi connectivity index (χ3v) is 4.49. The maximum atomic E-state index is 12.8. The van der Waals surface area contributed by atoms with Gasteiger partial charge in [-0.05, 0) is 43.2 Å². The van der Waals surface area contributed by atoms with Gasteiger partial charge in [-0.2, -0.15) is 5.10 Å². The van der Waals surface area contributed by atoms with E-state index in [-0.39, 0.29) is 5.91 Å². The van der Waals surface area contributed by atoms with E-state index in [1.807, 2.05) is 62.4 Å². The van der Waals surface area contributed by atoms with Gasteiger partial charge in [0.05, 0.1) is 16.8 Å². The molecule has 0 saturated carbocycles. The predicted molar refractivity (Wildman–Crippen MR) is 104 cm³/mol. The van der Waals surface area contributed by atoms with Gasteiger partial charge < -0.3 is 5.32 Å². The Bertz CT molecular complexity index is 1100. The van der Waals surface area contributed by atoms with Crippen molar-refractivity contribution < 1.29 is 4.79 Å². The van der Waals surface area contributed by atoms with Crippen molar-refractivity contribution in [2.24, 2.45) is 0 Å². The summed E-state index contributed by atoms with van der Waals surface area (Å²) in [6, 6.07) is 15.6. The van der Waals surface area contributed by atoms with Crippen LogP contribution in [0.2, 0.25) is 0 Å². The van der Waals surface area contributed by atoms with Crippen LogP contribution in [-0.2, 0) is 6.54 Å². The number of hydrogen-bond acceptors (Lipinski definition) is 4. The summed E-state index contributed by atoms with van der Waals surface area (Å²) < 4.78 is 1.69. The molecule has 0 aliphatic carbocycles. The number of benzene rings is 2. The van der Waals surface area contributed by atoms with Crippen molar-refractivity contribution in [3.05, 3.63) is 83.6 Å². The van der Waals surface area contributed by atoms with E-state index in [1.54, 1.807) is 11.0 Å². The molecule has 0 fully saturated rings. The number of aryl methyl sites for hydroxylation is 2. The summed E-state index contributed by atoms with van der Waals surface area (Å²) in [7, 11) is 0. The highest BCUT2D eigenvalue weighted by Gasteiger charge is 2.13. The average Bonchev–Trinajstić information content (AvgIpc) is 3.21. The Balaban J connectivity index is 1.53. The fraction of sp³-hybridized carbons (Fsp3) is 0.143. The van der Waals surface area contributed by atoms with Crippen molar-refractivity contribution >= 4 is 16.8 Å². The molecule has 2 aromatic carbocycles. The number of rotatable bonds is 4. The second kappa shape index (κ2) is 6.99. The molecule has 134 valence electrons. The number of nitrogens with one attached hydrogen (secondary N) is 1. The summed E-state index contributed by atoms with van der Waals surface area (Å²) >= 11 is 0. The van der Waals surface area contributed by atoms with Crippen LogP contribution in [0.3, 0.4) is 0 Å². The lowest BCUT2D eigenvalue weighted by molar-refractivity contribution is 0.0952. The Morgan fingerprint density at radius 2 is 1.93 bits per heavy atom. The van der Waals surface area contributed by atoms with E-state index in [2.05, 4.69) is 20.4 Å². The number of nitrogens with zero attached hydrogens (tertiary/aromatic N) is 4. The van der Waals surface area contributed by atoms with Crippen LogP contribution >= 0.6 is 0 Å². The molecule has 2 aromatic heterocycles. The number of carbonyl (C=O) groups is 1. The number of hydrogen-bond donors (Lipinski definition) is 1. The molecular formula is C21H19N5O. The number of fused-ring (bicyclic) bond motifs is 1. The molecule has 6 heteroatoms. The van der Waals surface area contributed by atoms with Gasteiger partial charge in [-0.3, -0.25) is 9.78 Å². The van der Waals surface area contributed by atoms with Gasteiger partial charge in [0.2, 0.25) is 0 Å². The molecule has 0 radical (unpaired) electrons. The molecule has 1 N–H and O–H groups in total. The van der Waals surface area contributed by atoms with Crippen molar-refractivity contribution in [2.45, 2.75) is 20.4 Å². The highest BCUT2D eigenvalue weighted by molar-refractivity contribution is 6.06. The van der Waals surface area contributed by atoms with Gasteiger partial charge in [-0.25, -0.2) is 9.67 Å². The Morgan fingerprint density at radius 3 is 2.67 bits per heavy atom.